The van der Waals surface area contributed by atoms with E-state index in [1.165, 1.54) is 19.3 Å². The number of rotatable bonds is 4. The first-order valence-corrected chi connectivity index (χ1v) is 7.47. The fraction of sp³-hybridized carbons (Fsp3) is 0.667. The van der Waals surface area contributed by atoms with Crippen molar-refractivity contribution in [3.05, 3.63) is 23.8 Å². The molecule has 5 heteroatoms. The van der Waals surface area contributed by atoms with Gasteiger partial charge in [-0.2, -0.15) is 0 Å². The van der Waals surface area contributed by atoms with Crippen LogP contribution >= 0.6 is 0 Å². The quantitative estimate of drug-likeness (QED) is 0.905. The van der Waals surface area contributed by atoms with Crippen molar-refractivity contribution in [1.82, 2.24) is 20.2 Å². The smallest absolute Gasteiger partial charge is 0.254 e. The monoisotopic (exact) mass is 274 g/mol. The Morgan fingerprint density at radius 1 is 1.30 bits per heavy atom. The molecule has 1 amide bonds. The van der Waals surface area contributed by atoms with Crippen LogP contribution in [0.2, 0.25) is 0 Å². The molecule has 3 rings (SSSR count). The molecule has 108 valence electrons. The van der Waals surface area contributed by atoms with Crippen LogP contribution in [0, 0.1) is 0 Å². The van der Waals surface area contributed by atoms with E-state index in [0.29, 0.717) is 30.1 Å². The first-order valence-electron chi connectivity index (χ1n) is 7.47. The second-order valence-electron chi connectivity index (χ2n) is 6.06. The molecule has 2 heterocycles. The molecule has 1 aromatic rings. The molecule has 0 unspecified atom stereocenters. The minimum Gasteiger partial charge on any atom is -0.350 e. The van der Waals surface area contributed by atoms with Crippen molar-refractivity contribution >= 4 is 5.91 Å². The highest BCUT2D eigenvalue weighted by atomic mass is 16.1. The number of carbonyl (C=O) groups excluding carboxylic acids is 1. The van der Waals surface area contributed by atoms with Gasteiger partial charge in [-0.1, -0.05) is 0 Å². The van der Waals surface area contributed by atoms with Gasteiger partial charge < -0.3 is 5.32 Å². The summed E-state index contributed by atoms with van der Waals surface area (Å²) in [6.45, 7) is 2.93. The molecule has 1 aliphatic heterocycles. The van der Waals surface area contributed by atoms with E-state index >= 15 is 0 Å². The summed E-state index contributed by atoms with van der Waals surface area (Å²) >= 11 is 0. The Balaban J connectivity index is 1.53. The van der Waals surface area contributed by atoms with E-state index in [-0.39, 0.29) is 5.91 Å². The summed E-state index contributed by atoms with van der Waals surface area (Å²) in [6.07, 6.45) is 8.01. The maximum Gasteiger partial charge on any atom is 0.254 e. The van der Waals surface area contributed by atoms with Crippen LogP contribution in [-0.4, -0.2) is 46.5 Å². The zero-order chi connectivity index (χ0) is 14.1. The molecule has 1 saturated carbocycles. The number of likely N-dealkylation sites (tertiary alicyclic amines) is 1. The predicted molar refractivity (Wildman–Crippen MR) is 76.6 cm³/mol. The maximum atomic E-state index is 12.1. The number of amides is 1. The van der Waals surface area contributed by atoms with Crippen LogP contribution < -0.4 is 5.32 Å². The number of likely N-dealkylation sites (N-methyl/N-ethyl adjacent to an activating group) is 1. The summed E-state index contributed by atoms with van der Waals surface area (Å²) in [7, 11) is 2.13. The van der Waals surface area contributed by atoms with Gasteiger partial charge in [0.25, 0.3) is 5.91 Å². The van der Waals surface area contributed by atoms with E-state index in [1.54, 1.807) is 12.4 Å². The molecule has 0 bridgehead atoms. The molecule has 2 fully saturated rings. The third-order valence-electron chi connectivity index (χ3n) is 4.56. The normalized spacial score (nSPS) is 26.7. The second-order valence-corrected chi connectivity index (χ2v) is 6.06. The second kappa shape index (κ2) is 5.48. The highest BCUT2D eigenvalue weighted by molar-refractivity contribution is 5.93. The van der Waals surface area contributed by atoms with Crippen molar-refractivity contribution in [3.63, 3.8) is 0 Å². The molecular formula is C15H22N4O. The molecular weight excluding hydrogens is 252 g/mol. The number of nitrogens with zero attached hydrogens (tertiary/aromatic N) is 3. The standard InChI is InChI=1S/C15H22N4O/c1-10-3-6-13(19(10)2)9-18-15(20)12-7-16-14(17-8-12)11-4-5-11/h7-8,10-11,13H,3-6,9H2,1-2H3,(H,18,20)/t10-,13-/m0/s1. The van der Waals surface area contributed by atoms with Crippen molar-refractivity contribution in [3.8, 4) is 0 Å². The summed E-state index contributed by atoms with van der Waals surface area (Å²) in [5.74, 6) is 1.34. The topological polar surface area (TPSA) is 58.1 Å². The average molecular weight is 274 g/mol. The third-order valence-corrected chi connectivity index (χ3v) is 4.56. The molecule has 5 nitrogen and oxygen atoms in total. The van der Waals surface area contributed by atoms with Crippen molar-refractivity contribution in [2.75, 3.05) is 13.6 Å². The largest absolute Gasteiger partial charge is 0.350 e. The zero-order valence-corrected chi connectivity index (χ0v) is 12.2. The fourth-order valence-electron chi connectivity index (χ4n) is 2.77. The molecule has 0 radical (unpaired) electrons. The first-order chi connectivity index (χ1) is 9.65. The SMILES string of the molecule is C[C@H]1CC[C@@H](CNC(=O)c2cnc(C3CC3)nc2)N1C. The lowest BCUT2D eigenvalue weighted by Gasteiger charge is -2.23. The van der Waals surface area contributed by atoms with Gasteiger partial charge >= 0.3 is 0 Å². The minimum absolute atomic E-state index is 0.0692. The molecule has 1 aliphatic carbocycles. The molecule has 0 spiro atoms. The van der Waals surface area contributed by atoms with Crippen LogP contribution in [0.5, 0.6) is 0 Å². The van der Waals surface area contributed by atoms with Crippen LogP contribution in [0.15, 0.2) is 12.4 Å². The Morgan fingerprint density at radius 2 is 2.00 bits per heavy atom. The summed E-state index contributed by atoms with van der Waals surface area (Å²) < 4.78 is 0. The van der Waals surface area contributed by atoms with Crippen LogP contribution in [0.25, 0.3) is 0 Å². The minimum atomic E-state index is -0.0692. The van der Waals surface area contributed by atoms with Gasteiger partial charge in [0.1, 0.15) is 5.82 Å². The summed E-state index contributed by atoms with van der Waals surface area (Å²) in [5.41, 5.74) is 0.558. The molecule has 1 saturated heterocycles. The highest BCUT2D eigenvalue weighted by Gasteiger charge is 2.28. The van der Waals surface area contributed by atoms with Crippen molar-refractivity contribution in [2.24, 2.45) is 0 Å². The Kier molecular flexibility index (Phi) is 3.70. The number of nitrogens with one attached hydrogen (secondary N) is 1. The fourth-order valence-corrected chi connectivity index (χ4v) is 2.77. The first kappa shape index (κ1) is 13.5. The Labute approximate surface area is 119 Å². The van der Waals surface area contributed by atoms with Gasteiger partial charge in [-0.15, -0.1) is 0 Å². The molecule has 2 atom stereocenters. The van der Waals surface area contributed by atoms with Crippen molar-refractivity contribution in [2.45, 2.75) is 50.6 Å². The predicted octanol–water partition coefficient (Wildman–Crippen LogP) is 1.57. The molecule has 0 aromatic carbocycles. The van der Waals surface area contributed by atoms with Gasteiger partial charge in [0, 0.05) is 36.9 Å². The summed E-state index contributed by atoms with van der Waals surface area (Å²) in [6, 6.07) is 1.05. The van der Waals surface area contributed by atoms with E-state index < -0.39 is 0 Å². The van der Waals surface area contributed by atoms with Crippen LogP contribution in [0.4, 0.5) is 0 Å². The van der Waals surface area contributed by atoms with E-state index in [2.05, 4.69) is 34.2 Å². The summed E-state index contributed by atoms with van der Waals surface area (Å²) in [4.78, 5) is 23.0. The lowest BCUT2D eigenvalue weighted by Crippen LogP contribution is -2.40. The average Bonchev–Trinajstić information content (AvgIpc) is 3.26. The van der Waals surface area contributed by atoms with Gasteiger partial charge in [-0.3, -0.25) is 9.69 Å². The molecule has 1 aromatic heterocycles. The molecule has 20 heavy (non-hydrogen) atoms. The lowest BCUT2D eigenvalue weighted by atomic mass is 10.2. The van der Waals surface area contributed by atoms with Gasteiger partial charge in [-0.25, -0.2) is 9.97 Å². The number of hydrogen-bond donors (Lipinski definition) is 1. The Bertz CT molecular complexity index is 483. The molecule has 2 aliphatic rings. The van der Waals surface area contributed by atoms with Gasteiger partial charge in [0.15, 0.2) is 0 Å². The number of carbonyl (C=O) groups is 1. The Hall–Kier alpha value is -1.49. The van der Waals surface area contributed by atoms with E-state index in [4.69, 9.17) is 0 Å². The number of aromatic nitrogens is 2. The van der Waals surface area contributed by atoms with Crippen molar-refractivity contribution < 1.29 is 4.79 Å². The zero-order valence-electron chi connectivity index (χ0n) is 12.2. The van der Waals surface area contributed by atoms with E-state index in [0.717, 1.165) is 12.2 Å². The van der Waals surface area contributed by atoms with Gasteiger partial charge in [0.05, 0.1) is 5.56 Å². The molecule has 1 N–H and O–H groups in total. The van der Waals surface area contributed by atoms with Crippen LogP contribution in [0.1, 0.15) is 54.7 Å². The summed E-state index contributed by atoms with van der Waals surface area (Å²) in [5, 5.41) is 3.00. The van der Waals surface area contributed by atoms with Crippen LogP contribution in [-0.2, 0) is 0 Å². The van der Waals surface area contributed by atoms with E-state index in [1.807, 2.05) is 0 Å². The van der Waals surface area contributed by atoms with Gasteiger partial charge in [0.2, 0.25) is 0 Å². The number of hydrogen-bond acceptors (Lipinski definition) is 4. The lowest BCUT2D eigenvalue weighted by molar-refractivity contribution is 0.0940. The van der Waals surface area contributed by atoms with Gasteiger partial charge in [-0.05, 0) is 39.7 Å². The highest BCUT2D eigenvalue weighted by Crippen LogP contribution is 2.37. The Morgan fingerprint density at radius 3 is 2.55 bits per heavy atom. The van der Waals surface area contributed by atoms with Crippen LogP contribution in [0.3, 0.4) is 0 Å². The third kappa shape index (κ3) is 2.82. The maximum absolute atomic E-state index is 12.1. The van der Waals surface area contributed by atoms with E-state index in [9.17, 15) is 4.79 Å². The van der Waals surface area contributed by atoms with Crippen molar-refractivity contribution in [1.29, 1.82) is 0 Å².